The molecule has 0 amide bonds. The van der Waals surface area contributed by atoms with Gasteiger partial charge in [0, 0.05) is 11.6 Å². The minimum atomic E-state index is -4.33. The fourth-order valence-corrected chi connectivity index (χ4v) is 1.49. The lowest BCUT2D eigenvalue weighted by Gasteiger charge is -2.08. The molecule has 1 aromatic carbocycles. The molecular formula is C11H8F3NO. The number of pyridine rings is 1. The Kier molecular flexibility index (Phi) is 2.46. The number of benzene rings is 1. The molecule has 5 heteroatoms. The van der Waals surface area contributed by atoms with E-state index < -0.39 is 11.7 Å². The van der Waals surface area contributed by atoms with Crippen LogP contribution in [-0.2, 0) is 6.18 Å². The molecule has 1 heterocycles. The standard InChI is InChI=1S/C11H8F3NO/c1-16-10-9-3-2-8(11(12,13)14)6-7(9)4-5-15-10/h2-6H,1H3. The minimum Gasteiger partial charge on any atom is -0.481 e. The fourth-order valence-electron chi connectivity index (χ4n) is 1.49. The van der Waals surface area contributed by atoms with E-state index in [0.717, 1.165) is 12.1 Å². The Hall–Kier alpha value is -1.78. The summed E-state index contributed by atoms with van der Waals surface area (Å²) < 4.78 is 42.3. The second-order valence-electron chi connectivity index (χ2n) is 3.25. The number of rotatable bonds is 1. The quantitative estimate of drug-likeness (QED) is 0.745. The molecule has 16 heavy (non-hydrogen) atoms. The van der Waals surface area contributed by atoms with Crippen LogP contribution >= 0.6 is 0 Å². The van der Waals surface area contributed by atoms with Crippen molar-refractivity contribution >= 4 is 10.8 Å². The number of hydrogen-bond donors (Lipinski definition) is 0. The van der Waals surface area contributed by atoms with Crippen LogP contribution < -0.4 is 4.74 Å². The number of alkyl halides is 3. The average Bonchev–Trinajstić information content (AvgIpc) is 2.26. The molecule has 0 atom stereocenters. The Bertz CT molecular complexity index is 522. The smallest absolute Gasteiger partial charge is 0.416 e. The SMILES string of the molecule is COc1nccc2cc(C(F)(F)F)ccc12. The highest BCUT2D eigenvalue weighted by atomic mass is 19.4. The molecule has 0 unspecified atom stereocenters. The van der Waals surface area contributed by atoms with Crippen molar-refractivity contribution in [2.24, 2.45) is 0 Å². The Labute approximate surface area is 89.7 Å². The predicted molar refractivity (Wildman–Crippen MR) is 53.3 cm³/mol. The van der Waals surface area contributed by atoms with Crippen molar-refractivity contribution in [1.29, 1.82) is 0 Å². The van der Waals surface area contributed by atoms with Crippen LogP contribution in [0.5, 0.6) is 5.88 Å². The molecule has 0 bridgehead atoms. The number of hydrogen-bond acceptors (Lipinski definition) is 2. The first-order valence-electron chi connectivity index (χ1n) is 4.52. The molecule has 0 saturated carbocycles. The van der Waals surface area contributed by atoms with Gasteiger partial charge in [-0.3, -0.25) is 0 Å². The molecule has 0 N–H and O–H groups in total. The maximum atomic E-state index is 12.5. The Morgan fingerprint density at radius 2 is 1.94 bits per heavy atom. The van der Waals surface area contributed by atoms with Crippen LogP contribution in [0.4, 0.5) is 13.2 Å². The van der Waals surface area contributed by atoms with Gasteiger partial charge in [0.2, 0.25) is 5.88 Å². The topological polar surface area (TPSA) is 22.1 Å². The van der Waals surface area contributed by atoms with Gasteiger partial charge in [0.25, 0.3) is 0 Å². The molecule has 0 fully saturated rings. The summed E-state index contributed by atoms with van der Waals surface area (Å²) in [7, 11) is 1.43. The van der Waals surface area contributed by atoms with E-state index in [1.807, 2.05) is 0 Å². The second kappa shape index (κ2) is 3.66. The van der Waals surface area contributed by atoms with Crippen LogP contribution in [0.2, 0.25) is 0 Å². The molecular weight excluding hydrogens is 219 g/mol. The van der Waals surface area contributed by atoms with Gasteiger partial charge >= 0.3 is 6.18 Å². The van der Waals surface area contributed by atoms with E-state index in [0.29, 0.717) is 16.7 Å². The van der Waals surface area contributed by atoms with Crippen LogP contribution in [-0.4, -0.2) is 12.1 Å². The molecule has 1 aromatic heterocycles. The highest BCUT2D eigenvalue weighted by molar-refractivity contribution is 5.87. The molecule has 0 spiro atoms. The van der Waals surface area contributed by atoms with Crippen molar-refractivity contribution in [2.75, 3.05) is 7.11 Å². The maximum Gasteiger partial charge on any atom is 0.416 e. The van der Waals surface area contributed by atoms with Gasteiger partial charge in [0.05, 0.1) is 12.7 Å². The monoisotopic (exact) mass is 227 g/mol. The third-order valence-corrected chi connectivity index (χ3v) is 2.25. The van der Waals surface area contributed by atoms with Gasteiger partial charge in [-0.1, -0.05) is 0 Å². The predicted octanol–water partition coefficient (Wildman–Crippen LogP) is 3.26. The van der Waals surface area contributed by atoms with Gasteiger partial charge in [0.15, 0.2) is 0 Å². The van der Waals surface area contributed by atoms with Crippen molar-refractivity contribution in [3.63, 3.8) is 0 Å². The van der Waals surface area contributed by atoms with Crippen LogP contribution in [0, 0.1) is 0 Å². The van der Waals surface area contributed by atoms with E-state index in [-0.39, 0.29) is 0 Å². The normalized spacial score (nSPS) is 11.8. The lowest BCUT2D eigenvalue weighted by Crippen LogP contribution is -2.04. The number of ether oxygens (including phenoxy) is 1. The molecule has 2 rings (SSSR count). The molecule has 2 nitrogen and oxygen atoms in total. The van der Waals surface area contributed by atoms with E-state index in [4.69, 9.17) is 4.74 Å². The number of halogens is 3. The highest BCUT2D eigenvalue weighted by Crippen LogP contribution is 2.32. The van der Waals surface area contributed by atoms with Crippen molar-refractivity contribution in [2.45, 2.75) is 6.18 Å². The first kappa shape index (κ1) is 10.7. The first-order chi connectivity index (χ1) is 7.52. The average molecular weight is 227 g/mol. The molecule has 84 valence electrons. The van der Waals surface area contributed by atoms with Crippen LogP contribution in [0.3, 0.4) is 0 Å². The summed E-state index contributed by atoms with van der Waals surface area (Å²) in [6.07, 6.45) is -2.91. The van der Waals surface area contributed by atoms with Crippen LogP contribution in [0.15, 0.2) is 30.5 Å². The maximum absolute atomic E-state index is 12.5. The number of methoxy groups -OCH3 is 1. The third kappa shape index (κ3) is 1.80. The van der Waals surface area contributed by atoms with Gasteiger partial charge in [-0.05, 0) is 29.7 Å². The lowest BCUT2D eigenvalue weighted by atomic mass is 10.1. The van der Waals surface area contributed by atoms with Gasteiger partial charge in [0.1, 0.15) is 0 Å². The zero-order valence-electron chi connectivity index (χ0n) is 8.38. The number of aromatic nitrogens is 1. The van der Waals surface area contributed by atoms with Gasteiger partial charge in [-0.25, -0.2) is 4.98 Å². The molecule has 0 saturated heterocycles. The summed E-state index contributed by atoms with van der Waals surface area (Å²) in [6.45, 7) is 0. The van der Waals surface area contributed by atoms with E-state index >= 15 is 0 Å². The van der Waals surface area contributed by atoms with Crippen molar-refractivity contribution < 1.29 is 17.9 Å². The largest absolute Gasteiger partial charge is 0.481 e. The zero-order valence-corrected chi connectivity index (χ0v) is 8.38. The summed E-state index contributed by atoms with van der Waals surface area (Å²) in [5, 5.41) is 1.03. The van der Waals surface area contributed by atoms with Gasteiger partial charge in [-0.2, -0.15) is 13.2 Å². The Morgan fingerprint density at radius 3 is 2.56 bits per heavy atom. The molecule has 0 aliphatic heterocycles. The highest BCUT2D eigenvalue weighted by Gasteiger charge is 2.30. The lowest BCUT2D eigenvalue weighted by molar-refractivity contribution is -0.137. The van der Waals surface area contributed by atoms with Crippen LogP contribution in [0.25, 0.3) is 10.8 Å². The van der Waals surface area contributed by atoms with Crippen molar-refractivity contribution in [3.05, 3.63) is 36.0 Å². The number of fused-ring (bicyclic) bond motifs is 1. The zero-order chi connectivity index (χ0) is 11.8. The Balaban J connectivity index is 2.64. The third-order valence-electron chi connectivity index (χ3n) is 2.25. The summed E-state index contributed by atoms with van der Waals surface area (Å²) in [6, 6.07) is 4.99. The molecule has 0 aliphatic rings. The van der Waals surface area contributed by atoms with Gasteiger partial charge < -0.3 is 4.74 Å². The van der Waals surface area contributed by atoms with E-state index in [2.05, 4.69) is 4.98 Å². The van der Waals surface area contributed by atoms with E-state index in [1.165, 1.54) is 25.4 Å². The van der Waals surface area contributed by atoms with Crippen molar-refractivity contribution in [1.82, 2.24) is 4.98 Å². The summed E-state index contributed by atoms with van der Waals surface area (Å²) in [4.78, 5) is 3.91. The fraction of sp³-hybridized carbons (Fsp3) is 0.182. The minimum absolute atomic E-state index is 0.325. The number of nitrogens with zero attached hydrogens (tertiary/aromatic N) is 1. The second-order valence-corrected chi connectivity index (χ2v) is 3.25. The summed E-state index contributed by atoms with van der Waals surface area (Å²) in [5.41, 5.74) is -0.673. The molecule has 0 aliphatic carbocycles. The summed E-state index contributed by atoms with van der Waals surface area (Å²) in [5.74, 6) is 0.325. The molecule has 0 radical (unpaired) electrons. The Morgan fingerprint density at radius 1 is 1.19 bits per heavy atom. The van der Waals surface area contributed by atoms with E-state index in [9.17, 15) is 13.2 Å². The van der Waals surface area contributed by atoms with Gasteiger partial charge in [-0.15, -0.1) is 0 Å². The van der Waals surface area contributed by atoms with Crippen molar-refractivity contribution in [3.8, 4) is 5.88 Å². The first-order valence-corrected chi connectivity index (χ1v) is 4.52. The summed E-state index contributed by atoms with van der Waals surface area (Å²) >= 11 is 0. The molecule has 2 aromatic rings. The van der Waals surface area contributed by atoms with Crippen LogP contribution in [0.1, 0.15) is 5.56 Å². The van der Waals surface area contributed by atoms with E-state index in [1.54, 1.807) is 0 Å².